The van der Waals surface area contributed by atoms with E-state index in [9.17, 15) is 4.79 Å². The van der Waals surface area contributed by atoms with E-state index < -0.39 is 0 Å². The Labute approximate surface area is 166 Å². The Morgan fingerprint density at radius 2 is 1.93 bits per heavy atom. The Hall–Kier alpha value is -3.26. The lowest BCUT2D eigenvalue weighted by Gasteiger charge is -2.19. The molecule has 0 unspecified atom stereocenters. The molecule has 0 radical (unpaired) electrons. The average molecular weight is 378 g/mol. The Kier molecular flexibility index (Phi) is 7.22. The number of rotatable bonds is 7. The maximum absolute atomic E-state index is 12.2. The van der Waals surface area contributed by atoms with Crippen LogP contribution in [0.3, 0.4) is 0 Å². The van der Waals surface area contributed by atoms with Gasteiger partial charge in [-0.2, -0.15) is 5.10 Å². The normalized spacial score (nSPS) is 11.1. The van der Waals surface area contributed by atoms with E-state index in [0.29, 0.717) is 17.1 Å². The van der Waals surface area contributed by atoms with Crippen LogP contribution < -0.4 is 14.9 Å². The van der Waals surface area contributed by atoms with Gasteiger partial charge in [-0.3, -0.25) is 4.79 Å². The van der Waals surface area contributed by atoms with Crippen molar-refractivity contribution < 1.29 is 14.3 Å². The Bertz CT molecular complexity index is 872. The van der Waals surface area contributed by atoms with Crippen LogP contribution in [0.4, 0.5) is 0 Å². The van der Waals surface area contributed by atoms with Crippen LogP contribution in [0.2, 0.25) is 0 Å². The van der Waals surface area contributed by atoms with Gasteiger partial charge in [0.1, 0.15) is 18.1 Å². The van der Waals surface area contributed by atoms with Crippen molar-refractivity contribution in [2.75, 3.05) is 13.7 Å². The molecule has 2 rings (SSSR count). The fraction of sp³-hybridized carbons (Fsp3) is 0.304. The highest BCUT2D eigenvalue weighted by Crippen LogP contribution is 2.23. The first-order valence-electron chi connectivity index (χ1n) is 8.99. The van der Waals surface area contributed by atoms with Gasteiger partial charge in [0.15, 0.2) is 0 Å². The monoisotopic (exact) mass is 378 g/mol. The summed E-state index contributed by atoms with van der Waals surface area (Å²) >= 11 is 0. The van der Waals surface area contributed by atoms with Crippen molar-refractivity contribution in [3.8, 4) is 23.8 Å². The summed E-state index contributed by atoms with van der Waals surface area (Å²) in [5, 5.41) is 4.03. The lowest BCUT2D eigenvalue weighted by molar-refractivity contribution is -0.120. The van der Waals surface area contributed by atoms with Crippen molar-refractivity contribution in [1.29, 1.82) is 0 Å². The van der Waals surface area contributed by atoms with Crippen molar-refractivity contribution in [1.82, 2.24) is 5.43 Å². The molecule has 146 valence electrons. The van der Waals surface area contributed by atoms with E-state index >= 15 is 0 Å². The van der Waals surface area contributed by atoms with Crippen LogP contribution in [-0.2, 0) is 16.6 Å². The molecule has 2 aromatic rings. The van der Waals surface area contributed by atoms with Gasteiger partial charge in [-0.15, -0.1) is 6.42 Å². The molecule has 28 heavy (non-hydrogen) atoms. The van der Waals surface area contributed by atoms with Crippen LogP contribution in [0.5, 0.6) is 11.5 Å². The number of nitrogens with zero attached hydrogens (tertiary/aromatic N) is 1. The van der Waals surface area contributed by atoms with Crippen molar-refractivity contribution in [2.24, 2.45) is 5.10 Å². The van der Waals surface area contributed by atoms with Gasteiger partial charge >= 0.3 is 0 Å². The molecule has 5 nitrogen and oxygen atoms in total. The zero-order chi connectivity index (χ0) is 20.6. The number of amides is 1. The summed E-state index contributed by atoms with van der Waals surface area (Å²) < 4.78 is 10.7. The molecular weight excluding hydrogens is 352 g/mol. The van der Waals surface area contributed by atoms with E-state index in [-0.39, 0.29) is 24.3 Å². The molecule has 1 amide bonds. The first-order chi connectivity index (χ1) is 13.3. The lowest BCUT2D eigenvalue weighted by Crippen LogP contribution is -2.20. The molecule has 0 saturated carbocycles. The van der Waals surface area contributed by atoms with E-state index in [1.807, 2.05) is 12.1 Å². The minimum absolute atomic E-state index is 0.0843. The summed E-state index contributed by atoms with van der Waals surface area (Å²) in [7, 11) is 1.57. The maximum atomic E-state index is 12.2. The molecule has 0 atom stereocenters. The van der Waals surface area contributed by atoms with Gasteiger partial charge in [0, 0.05) is 5.56 Å². The minimum atomic E-state index is -0.200. The lowest BCUT2D eigenvalue weighted by atomic mass is 9.86. The van der Waals surface area contributed by atoms with E-state index in [2.05, 4.69) is 49.4 Å². The van der Waals surface area contributed by atoms with Gasteiger partial charge < -0.3 is 9.47 Å². The third kappa shape index (κ3) is 6.17. The fourth-order valence-electron chi connectivity index (χ4n) is 2.53. The Balaban J connectivity index is 2.00. The van der Waals surface area contributed by atoms with Crippen LogP contribution in [0.1, 0.15) is 37.5 Å². The molecule has 0 aromatic heterocycles. The number of hydrazone groups is 1. The first kappa shape index (κ1) is 21.0. The third-order valence-electron chi connectivity index (χ3n) is 4.11. The quantitative estimate of drug-likeness (QED) is 0.454. The van der Waals surface area contributed by atoms with Crippen LogP contribution in [0, 0.1) is 12.3 Å². The average Bonchev–Trinajstić information content (AvgIpc) is 2.66. The second-order valence-electron chi connectivity index (χ2n) is 7.31. The summed E-state index contributed by atoms with van der Waals surface area (Å²) in [4.78, 5) is 12.2. The molecular formula is C23H26N2O3. The standard InChI is InChI=1S/C23H26N2O3/c1-6-13-28-21-12-11-20(27-5)15-18(21)16-24-25-22(26)14-17-7-9-19(10-8-17)23(2,3)4/h1,7-12,15-16H,13-14H2,2-5H3,(H,25,26)/b24-16-. The second-order valence-corrected chi connectivity index (χ2v) is 7.31. The number of hydrogen-bond acceptors (Lipinski definition) is 4. The zero-order valence-electron chi connectivity index (χ0n) is 16.8. The second kappa shape index (κ2) is 9.61. The highest BCUT2D eigenvalue weighted by molar-refractivity contribution is 5.86. The number of carbonyl (C=O) groups is 1. The number of benzene rings is 2. The molecule has 0 spiro atoms. The van der Waals surface area contributed by atoms with E-state index in [0.717, 1.165) is 5.56 Å². The number of carbonyl (C=O) groups excluding carboxylic acids is 1. The number of hydrogen-bond donors (Lipinski definition) is 1. The summed E-state index contributed by atoms with van der Waals surface area (Å²) in [5.74, 6) is 3.44. The number of nitrogens with one attached hydrogen (secondary N) is 1. The SMILES string of the molecule is C#CCOc1ccc(OC)cc1/C=N\NC(=O)Cc1ccc(C(C)(C)C)cc1. The Morgan fingerprint density at radius 1 is 1.21 bits per heavy atom. The highest BCUT2D eigenvalue weighted by Gasteiger charge is 2.13. The molecule has 0 aliphatic heterocycles. The maximum Gasteiger partial charge on any atom is 0.244 e. The van der Waals surface area contributed by atoms with Crippen molar-refractivity contribution in [3.63, 3.8) is 0 Å². The highest BCUT2D eigenvalue weighted by atomic mass is 16.5. The van der Waals surface area contributed by atoms with Crippen LogP contribution in [0.15, 0.2) is 47.6 Å². The summed E-state index contributed by atoms with van der Waals surface area (Å²) in [6.07, 6.45) is 7.00. The van der Waals surface area contributed by atoms with Gasteiger partial charge in [0.05, 0.1) is 19.7 Å². The first-order valence-corrected chi connectivity index (χ1v) is 8.99. The number of methoxy groups -OCH3 is 1. The van der Waals surface area contributed by atoms with Crippen LogP contribution in [0.25, 0.3) is 0 Å². The minimum Gasteiger partial charge on any atom is -0.497 e. The van der Waals surface area contributed by atoms with Crippen LogP contribution in [-0.4, -0.2) is 25.8 Å². The summed E-state index contributed by atoms with van der Waals surface area (Å²) in [6.45, 7) is 6.61. The molecule has 0 fully saturated rings. The molecule has 5 heteroatoms. The predicted octanol–water partition coefficient (Wildman–Crippen LogP) is 3.70. The van der Waals surface area contributed by atoms with Gasteiger partial charge in [0.2, 0.25) is 5.91 Å². The summed E-state index contributed by atoms with van der Waals surface area (Å²) in [5.41, 5.74) is 5.44. The van der Waals surface area contributed by atoms with Gasteiger partial charge in [-0.05, 0) is 34.7 Å². The van der Waals surface area contributed by atoms with E-state index in [4.69, 9.17) is 15.9 Å². The summed E-state index contributed by atoms with van der Waals surface area (Å²) in [6, 6.07) is 13.3. The molecule has 2 aromatic carbocycles. The van der Waals surface area contributed by atoms with Crippen molar-refractivity contribution in [3.05, 3.63) is 59.2 Å². The van der Waals surface area contributed by atoms with Gasteiger partial charge in [-0.1, -0.05) is 51.0 Å². The van der Waals surface area contributed by atoms with E-state index in [1.165, 1.54) is 11.8 Å². The predicted molar refractivity (Wildman–Crippen MR) is 112 cm³/mol. The third-order valence-corrected chi connectivity index (χ3v) is 4.11. The number of terminal acetylenes is 1. The Morgan fingerprint density at radius 3 is 2.54 bits per heavy atom. The number of ether oxygens (including phenoxy) is 2. The smallest absolute Gasteiger partial charge is 0.244 e. The van der Waals surface area contributed by atoms with E-state index in [1.54, 1.807) is 25.3 Å². The topological polar surface area (TPSA) is 59.9 Å². The molecule has 0 heterocycles. The van der Waals surface area contributed by atoms with Gasteiger partial charge in [-0.25, -0.2) is 5.43 Å². The van der Waals surface area contributed by atoms with Crippen LogP contribution >= 0.6 is 0 Å². The van der Waals surface area contributed by atoms with Gasteiger partial charge in [0.25, 0.3) is 0 Å². The molecule has 0 saturated heterocycles. The molecule has 0 aliphatic carbocycles. The largest absolute Gasteiger partial charge is 0.497 e. The molecule has 1 N–H and O–H groups in total. The zero-order valence-corrected chi connectivity index (χ0v) is 16.8. The van der Waals surface area contributed by atoms with Crippen molar-refractivity contribution >= 4 is 12.1 Å². The van der Waals surface area contributed by atoms with Crippen molar-refractivity contribution in [2.45, 2.75) is 32.6 Å². The molecule has 0 bridgehead atoms. The fourth-order valence-corrected chi connectivity index (χ4v) is 2.53. The molecule has 0 aliphatic rings.